The molecule has 3 heteroatoms. The van der Waals surface area contributed by atoms with E-state index in [1.165, 1.54) is 31.2 Å². The molecule has 1 aliphatic heterocycles. The van der Waals surface area contributed by atoms with Gasteiger partial charge in [-0.1, -0.05) is 12.1 Å². The molecule has 1 saturated carbocycles. The predicted molar refractivity (Wildman–Crippen MR) is 75.5 cm³/mol. The van der Waals surface area contributed by atoms with E-state index in [9.17, 15) is 0 Å². The summed E-state index contributed by atoms with van der Waals surface area (Å²) in [5.41, 5.74) is 1.28. The van der Waals surface area contributed by atoms with E-state index in [1.807, 2.05) is 0 Å². The maximum Gasteiger partial charge on any atom is 0.119 e. The Balaban J connectivity index is 1.58. The topological polar surface area (TPSA) is 30.5 Å². The van der Waals surface area contributed by atoms with Gasteiger partial charge in [-0.3, -0.25) is 0 Å². The average Bonchev–Trinajstić information content (AvgIpc) is 2.94. The summed E-state index contributed by atoms with van der Waals surface area (Å²) in [6.07, 6.45) is 5.79. The Morgan fingerprint density at radius 1 is 1.16 bits per heavy atom. The molecule has 0 aromatic heterocycles. The number of rotatable bonds is 3. The molecule has 2 fully saturated rings. The lowest BCUT2D eigenvalue weighted by atomic mass is 10.1. The van der Waals surface area contributed by atoms with Crippen molar-refractivity contribution in [2.24, 2.45) is 0 Å². The summed E-state index contributed by atoms with van der Waals surface area (Å²) < 4.78 is 11.7. The summed E-state index contributed by atoms with van der Waals surface area (Å²) in [7, 11) is 0. The third-order valence-corrected chi connectivity index (χ3v) is 4.09. The second kappa shape index (κ2) is 5.93. The summed E-state index contributed by atoms with van der Waals surface area (Å²) in [6, 6.07) is 8.81. The molecule has 1 aliphatic carbocycles. The van der Waals surface area contributed by atoms with Crippen molar-refractivity contribution in [2.45, 2.75) is 50.9 Å². The highest BCUT2D eigenvalue weighted by atomic mass is 16.5. The first-order valence-electron chi connectivity index (χ1n) is 7.43. The maximum absolute atomic E-state index is 5.98. The van der Waals surface area contributed by atoms with Crippen molar-refractivity contribution in [3.63, 3.8) is 0 Å². The van der Waals surface area contributed by atoms with E-state index < -0.39 is 0 Å². The van der Waals surface area contributed by atoms with Gasteiger partial charge in [-0.2, -0.15) is 0 Å². The fraction of sp³-hybridized carbons (Fsp3) is 0.625. The Hall–Kier alpha value is -1.06. The second-order valence-electron chi connectivity index (χ2n) is 5.70. The molecule has 1 heterocycles. The van der Waals surface area contributed by atoms with Gasteiger partial charge in [0.15, 0.2) is 0 Å². The molecule has 2 aliphatic rings. The summed E-state index contributed by atoms with van der Waals surface area (Å²) in [5, 5.41) is 3.51. The first-order valence-corrected chi connectivity index (χ1v) is 7.43. The Morgan fingerprint density at radius 3 is 2.53 bits per heavy atom. The number of ether oxygens (including phenoxy) is 2. The Bertz CT molecular complexity index is 390. The number of hydrogen-bond acceptors (Lipinski definition) is 3. The standard InChI is InChI=1S/C16H23NO2/c1-12-10-17-16(11-18-12)13-6-8-15(9-7-13)19-14-4-2-3-5-14/h6-9,12,14,16-17H,2-5,10-11H2,1H3. The highest BCUT2D eigenvalue weighted by Crippen LogP contribution is 2.26. The van der Waals surface area contributed by atoms with E-state index >= 15 is 0 Å². The zero-order chi connectivity index (χ0) is 13.1. The van der Waals surface area contributed by atoms with Crippen molar-refractivity contribution in [1.29, 1.82) is 0 Å². The average molecular weight is 261 g/mol. The number of benzene rings is 1. The van der Waals surface area contributed by atoms with Gasteiger partial charge in [0.2, 0.25) is 0 Å². The molecule has 2 atom stereocenters. The molecule has 0 radical (unpaired) electrons. The molecule has 3 nitrogen and oxygen atoms in total. The van der Waals surface area contributed by atoms with Gasteiger partial charge in [-0.25, -0.2) is 0 Å². The highest BCUT2D eigenvalue weighted by Gasteiger charge is 2.20. The van der Waals surface area contributed by atoms with E-state index in [2.05, 4.69) is 36.5 Å². The third-order valence-electron chi connectivity index (χ3n) is 4.09. The largest absolute Gasteiger partial charge is 0.490 e. The first-order chi connectivity index (χ1) is 9.31. The lowest BCUT2D eigenvalue weighted by molar-refractivity contribution is 0.0149. The van der Waals surface area contributed by atoms with Gasteiger partial charge in [-0.15, -0.1) is 0 Å². The van der Waals surface area contributed by atoms with Crippen molar-refractivity contribution in [3.05, 3.63) is 29.8 Å². The Kier molecular flexibility index (Phi) is 4.04. The van der Waals surface area contributed by atoms with E-state index in [0.717, 1.165) is 18.9 Å². The van der Waals surface area contributed by atoms with Crippen LogP contribution in [0.4, 0.5) is 0 Å². The van der Waals surface area contributed by atoms with Gasteiger partial charge < -0.3 is 14.8 Å². The van der Waals surface area contributed by atoms with Crippen LogP contribution in [0.3, 0.4) is 0 Å². The molecular formula is C16H23NO2. The molecule has 2 unspecified atom stereocenters. The molecule has 0 amide bonds. The second-order valence-corrected chi connectivity index (χ2v) is 5.70. The number of hydrogen-bond donors (Lipinski definition) is 1. The molecule has 1 saturated heterocycles. The summed E-state index contributed by atoms with van der Waals surface area (Å²) in [4.78, 5) is 0. The van der Waals surface area contributed by atoms with Gasteiger partial charge in [0.1, 0.15) is 5.75 Å². The van der Waals surface area contributed by atoms with Crippen LogP contribution >= 0.6 is 0 Å². The van der Waals surface area contributed by atoms with Crippen molar-refractivity contribution in [2.75, 3.05) is 13.2 Å². The van der Waals surface area contributed by atoms with Crippen LogP contribution in [0.25, 0.3) is 0 Å². The molecule has 1 N–H and O–H groups in total. The molecule has 0 spiro atoms. The van der Waals surface area contributed by atoms with Crippen molar-refractivity contribution < 1.29 is 9.47 Å². The monoisotopic (exact) mass is 261 g/mol. The molecule has 1 aromatic rings. The van der Waals surface area contributed by atoms with Crippen molar-refractivity contribution in [1.82, 2.24) is 5.32 Å². The molecule has 1 aromatic carbocycles. The molecule has 0 bridgehead atoms. The molecule has 104 valence electrons. The van der Waals surface area contributed by atoms with E-state index in [1.54, 1.807) is 0 Å². The first kappa shape index (κ1) is 12.9. The van der Waals surface area contributed by atoms with Gasteiger partial charge in [-0.05, 0) is 50.3 Å². The van der Waals surface area contributed by atoms with Crippen molar-refractivity contribution >= 4 is 0 Å². The van der Waals surface area contributed by atoms with Gasteiger partial charge >= 0.3 is 0 Å². The summed E-state index contributed by atoms with van der Waals surface area (Å²) in [5.74, 6) is 1.00. The van der Waals surface area contributed by atoms with Crippen LogP contribution in [0.2, 0.25) is 0 Å². The smallest absolute Gasteiger partial charge is 0.119 e. The van der Waals surface area contributed by atoms with E-state index in [4.69, 9.17) is 9.47 Å². The summed E-state index contributed by atoms with van der Waals surface area (Å²) >= 11 is 0. The van der Waals surface area contributed by atoms with Crippen LogP contribution in [0.1, 0.15) is 44.2 Å². The summed E-state index contributed by atoms with van der Waals surface area (Å²) in [6.45, 7) is 3.77. The van der Waals surface area contributed by atoms with E-state index in [-0.39, 0.29) is 0 Å². The number of morpholine rings is 1. The number of nitrogens with one attached hydrogen (secondary N) is 1. The predicted octanol–water partition coefficient (Wildman–Crippen LogP) is 3.06. The minimum atomic E-state index is 0.316. The van der Waals surface area contributed by atoms with Crippen LogP contribution in [0.5, 0.6) is 5.75 Å². The van der Waals surface area contributed by atoms with E-state index in [0.29, 0.717) is 18.2 Å². The van der Waals surface area contributed by atoms with Crippen LogP contribution in [-0.2, 0) is 4.74 Å². The fourth-order valence-corrected chi connectivity index (χ4v) is 2.88. The Morgan fingerprint density at radius 2 is 1.89 bits per heavy atom. The fourth-order valence-electron chi connectivity index (χ4n) is 2.88. The third kappa shape index (κ3) is 3.28. The quantitative estimate of drug-likeness (QED) is 0.907. The SMILES string of the molecule is CC1CNC(c2ccc(OC3CCCC3)cc2)CO1. The van der Waals surface area contributed by atoms with Crippen LogP contribution in [0, 0.1) is 0 Å². The van der Waals surface area contributed by atoms with Crippen LogP contribution < -0.4 is 10.1 Å². The lowest BCUT2D eigenvalue weighted by Crippen LogP contribution is -2.39. The lowest BCUT2D eigenvalue weighted by Gasteiger charge is -2.28. The van der Waals surface area contributed by atoms with Crippen molar-refractivity contribution in [3.8, 4) is 5.75 Å². The highest BCUT2D eigenvalue weighted by molar-refractivity contribution is 5.29. The Labute approximate surface area is 115 Å². The molecule has 19 heavy (non-hydrogen) atoms. The minimum Gasteiger partial charge on any atom is -0.490 e. The molecule has 3 rings (SSSR count). The van der Waals surface area contributed by atoms with Crippen LogP contribution in [-0.4, -0.2) is 25.4 Å². The zero-order valence-corrected chi connectivity index (χ0v) is 11.6. The van der Waals surface area contributed by atoms with Crippen LogP contribution in [0.15, 0.2) is 24.3 Å². The normalized spacial score (nSPS) is 28.5. The molecular weight excluding hydrogens is 238 g/mol. The van der Waals surface area contributed by atoms with Gasteiger partial charge in [0, 0.05) is 6.54 Å². The van der Waals surface area contributed by atoms with Gasteiger partial charge in [0.25, 0.3) is 0 Å². The van der Waals surface area contributed by atoms with Gasteiger partial charge in [0.05, 0.1) is 24.9 Å². The maximum atomic E-state index is 5.98. The zero-order valence-electron chi connectivity index (χ0n) is 11.6. The minimum absolute atomic E-state index is 0.316.